The normalized spacial score (nSPS) is 12.1. The second-order valence-corrected chi connectivity index (χ2v) is 4.21. The Labute approximate surface area is 108 Å². The Morgan fingerprint density at radius 2 is 1.26 bits per heavy atom. The molecule has 0 spiro atoms. The SMILES string of the molecule is CCC/C=C(\CCC)c1c(F)c(F)c(F)c(F)c1F. The highest BCUT2D eigenvalue weighted by atomic mass is 19.2. The first-order chi connectivity index (χ1) is 8.95. The number of benzene rings is 1. The molecule has 0 radical (unpaired) electrons. The van der Waals surface area contributed by atoms with Gasteiger partial charge in [-0.3, -0.25) is 0 Å². The van der Waals surface area contributed by atoms with Gasteiger partial charge in [0.25, 0.3) is 0 Å². The summed E-state index contributed by atoms with van der Waals surface area (Å²) in [6.45, 7) is 3.63. The van der Waals surface area contributed by atoms with Crippen molar-refractivity contribution in [1.29, 1.82) is 0 Å². The highest BCUT2D eigenvalue weighted by Crippen LogP contribution is 2.31. The lowest BCUT2D eigenvalue weighted by molar-refractivity contribution is 0.376. The third-order valence-corrected chi connectivity index (χ3v) is 2.73. The van der Waals surface area contributed by atoms with E-state index >= 15 is 0 Å². The van der Waals surface area contributed by atoms with Crippen LogP contribution in [-0.4, -0.2) is 0 Å². The summed E-state index contributed by atoms with van der Waals surface area (Å²) < 4.78 is 66.5. The fourth-order valence-corrected chi connectivity index (χ4v) is 1.80. The zero-order valence-corrected chi connectivity index (χ0v) is 10.8. The average molecular weight is 278 g/mol. The lowest BCUT2D eigenvalue weighted by Crippen LogP contribution is -2.07. The molecule has 0 atom stereocenters. The van der Waals surface area contributed by atoms with Crippen molar-refractivity contribution in [2.45, 2.75) is 39.5 Å². The predicted octanol–water partition coefficient (Wildman–Crippen LogP) is 5.37. The Hall–Kier alpha value is -1.39. The molecule has 0 unspecified atom stereocenters. The molecular formula is C14H15F5. The standard InChI is InChI=1S/C14H15F5/c1-3-5-7-8(6-4-2)9-10(15)12(17)14(19)13(18)11(9)16/h7H,3-6H2,1-2H3/b8-7+. The van der Waals surface area contributed by atoms with Crippen LogP contribution in [0.3, 0.4) is 0 Å². The number of rotatable bonds is 5. The Morgan fingerprint density at radius 3 is 1.68 bits per heavy atom. The van der Waals surface area contributed by atoms with Crippen LogP contribution >= 0.6 is 0 Å². The molecule has 0 heterocycles. The first-order valence-electron chi connectivity index (χ1n) is 6.16. The van der Waals surface area contributed by atoms with E-state index in [9.17, 15) is 22.0 Å². The van der Waals surface area contributed by atoms with Gasteiger partial charge in [0.2, 0.25) is 5.82 Å². The molecule has 0 N–H and O–H groups in total. The molecule has 5 heteroatoms. The van der Waals surface area contributed by atoms with Gasteiger partial charge in [-0.05, 0) is 18.4 Å². The number of allylic oxidation sites excluding steroid dienone is 2. The minimum Gasteiger partial charge on any atom is -0.203 e. The van der Waals surface area contributed by atoms with Crippen LogP contribution in [0.1, 0.15) is 45.1 Å². The predicted molar refractivity (Wildman–Crippen MR) is 64.0 cm³/mol. The summed E-state index contributed by atoms with van der Waals surface area (Å²) in [4.78, 5) is 0. The Balaban J connectivity index is 3.46. The molecular weight excluding hydrogens is 263 g/mol. The third-order valence-electron chi connectivity index (χ3n) is 2.73. The fraction of sp³-hybridized carbons (Fsp3) is 0.429. The van der Waals surface area contributed by atoms with E-state index in [1.807, 2.05) is 6.92 Å². The minimum absolute atomic E-state index is 0.164. The molecule has 0 nitrogen and oxygen atoms in total. The Kier molecular flexibility index (Phi) is 5.51. The fourth-order valence-electron chi connectivity index (χ4n) is 1.80. The van der Waals surface area contributed by atoms with Crippen molar-refractivity contribution in [2.75, 3.05) is 0 Å². The van der Waals surface area contributed by atoms with E-state index in [0.29, 0.717) is 12.8 Å². The van der Waals surface area contributed by atoms with Crippen LogP contribution < -0.4 is 0 Å². The first kappa shape index (κ1) is 15.7. The second-order valence-electron chi connectivity index (χ2n) is 4.21. The van der Waals surface area contributed by atoms with Crippen molar-refractivity contribution in [2.24, 2.45) is 0 Å². The third kappa shape index (κ3) is 3.14. The van der Waals surface area contributed by atoms with E-state index in [4.69, 9.17) is 0 Å². The summed E-state index contributed by atoms with van der Waals surface area (Å²) in [6, 6.07) is 0. The summed E-state index contributed by atoms with van der Waals surface area (Å²) in [7, 11) is 0. The topological polar surface area (TPSA) is 0 Å². The van der Waals surface area contributed by atoms with E-state index in [1.165, 1.54) is 6.08 Å². The highest BCUT2D eigenvalue weighted by Gasteiger charge is 2.27. The van der Waals surface area contributed by atoms with Crippen LogP contribution in [0, 0.1) is 29.1 Å². The summed E-state index contributed by atoms with van der Waals surface area (Å²) in [6.07, 6.45) is 3.59. The van der Waals surface area contributed by atoms with Crippen LogP contribution in [0.2, 0.25) is 0 Å². The maximum atomic E-state index is 13.6. The summed E-state index contributed by atoms with van der Waals surface area (Å²) in [5.41, 5.74) is -0.635. The lowest BCUT2D eigenvalue weighted by atomic mass is 9.98. The highest BCUT2D eigenvalue weighted by molar-refractivity contribution is 5.66. The quantitative estimate of drug-likeness (QED) is 0.386. The van der Waals surface area contributed by atoms with Gasteiger partial charge in [0, 0.05) is 0 Å². The molecule has 0 amide bonds. The van der Waals surface area contributed by atoms with Crippen LogP contribution in [0.5, 0.6) is 0 Å². The van der Waals surface area contributed by atoms with Crippen molar-refractivity contribution < 1.29 is 22.0 Å². The van der Waals surface area contributed by atoms with E-state index in [2.05, 4.69) is 0 Å². The minimum atomic E-state index is -2.12. The van der Waals surface area contributed by atoms with Gasteiger partial charge in [0.15, 0.2) is 23.3 Å². The molecule has 106 valence electrons. The van der Waals surface area contributed by atoms with Crippen LogP contribution in [0.25, 0.3) is 5.57 Å². The molecule has 0 bridgehead atoms. The van der Waals surface area contributed by atoms with Crippen molar-refractivity contribution in [3.8, 4) is 0 Å². The van der Waals surface area contributed by atoms with Gasteiger partial charge in [0.05, 0.1) is 5.56 Å². The Morgan fingerprint density at radius 1 is 0.789 bits per heavy atom. The van der Waals surface area contributed by atoms with Crippen molar-refractivity contribution in [3.05, 3.63) is 40.7 Å². The maximum absolute atomic E-state index is 13.6. The van der Waals surface area contributed by atoms with E-state index in [-0.39, 0.29) is 12.0 Å². The first-order valence-corrected chi connectivity index (χ1v) is 6.16. The monoisotopic (exact) mass is 278 g/mol. The summed E-state index contributed by atoms with van der Waals surface area (Å²) in [5.74, 6) is -9.43. The molecule has 0 saturated heterocycles. The van der Waals surface area contributed by atoms with Crippen molar-refractivity contribution >= 4 is 5.57 Å². The van der Waals surface area contributed by atoms with Crippen molar-refractivity contribution in [1.82, 2.24) is 0 Å². The molecule has 1 aromatic rings. The van der Waals surface area contributed by atoms with Crippen LogP contribution in [0.4, 0.5) is 22.0 Å². The summed E-state index contributed by atoms with van der Waals surface area (Å²) in [5, 5.41) is 0. The lowest BCUT2D eigenvalue weighted by Gasteiger charge is -2.11. The van der Waals surface area contributed by atoms with Crippen molar-refractivity contribution in [3.63, 3.8) is 0 Å². The molecule has 0 aromatic heterocycles. The molecule has 0 aliphatic rings. The van der Waals surface area contributed by atoms with Gasteiger partial charge in [-0.1, -0.05) is 32.8 Å². The van der Waals surface area contributed by atoms with Crippen LogP contribution in [-0.2, 0) is 0 Å². The van der Waals surface area contributed by atoms with E-state index < -0.39 is 34.6 Å². The number of hydrogen-bond acceptors (Lipinski definition) is 0. The van der Waals surface area contributed by atoms with Gasteiger partial charge >= 0.3 is 0 Å². The second kappa shape index (κ2) is 6.68. The average Bonchev–Trinajstić information content (AvgIpc) is 2.40. The smallest absolute Gasteiger partial charge is 0.200 e. The molecule has 0 aliphatic heterocycles. The molecule has 1 rings (SSSR count). The van der Waals surface area contributed by atoms with Gasteiger partial charge in [-0.2, -0.15) is 0 Å². The zero-order valence-electron chi connectivity index (χ0n) is 10.8. The number of hydrogen-bond donors (Lipinski definition) is 0. The maximum Gasteiger partial charge on any atom is 0.200 e. The molecule has 0 aliphatic carbocycles. The number of halogens is 5. The van der Waals surface area contributed by atoms with Gasteiger partial charge in [0.1, 0.15) is 0 Å². The van der Waals surface area contributed by atoms with Gasteiger partial charge in [-0.15, -0.1) is 0 Å². The molecule has 19 heavy (non-hydrogen) atoms. The molecule has 0 fully saturated rings. The number of unbranched alkanes of at least 4 members (excludes halogenated alkanes) is 1. The Bertz CT molecular complexity index is 462. The largest absolute Gasteiger partial charge is 0.203 e. The molecule has 0 saturated carbocycles. The van der Waals surface area contributed by atoms with Crippen LogP contribution in [0.15, 0.2) is 6.08 Å². The van der Waals surface area contributed by atoms with E-state index in [0.717, 1.165) is 6.42 Å². The van der Waals surface area contributed by atoms with Gasteiger partial charge in [-0.25, -0.2) is 22.0 Å². The zero-order chi connectivity index (χ0) is 14.6. The summed E-state index contributed by atoms with van der Waals surface area (Å²) >= 11 is 0. The van der Waals surface area contributed by atoms with E-state index in [1.54, 1.807) is 6.92 Å². The van der Waals surface area contributed by atoms with Gasteiger partial charge < -0.3 is 0 Å². The molecule has 1 aromatic carbocycles.